The van der Waals surface area contributed by atoms with E-state index in [0.29, 0.717) is 39.4 Å². The maximum absolute atomic E-state index is 13.6. The number of carbonyl (C=O) groups is 1. The second-order valence-corrected chi connectivity index (χ2v) is 11.0. The molecule has 1 N–H and O–H groups in total. The maximum atomic E-state index is 13.6. The van der Waals surface area contributed by atoms with Gasteiger partial charge in [0.2, 0.25) is 6.29 Å². The van der Waals surface area contributed by atoms with Crippen LogP contribution in [0.1, 0.15) is 42.3 Å². The molecular formula is C37H30FN3O5. The van der Waals surface area contributed by atoms with Crippen molar-refractivity contribution in [1.29, 1.82) is 0 Å². The molecule has 3 atom stereocenters. The minimum Gasteiger partial charge on any atom is -0.487 e. The molecular weight excluding hydrogens is 585 g/mol. The van der Waals surface area contributed by atoms with E-state index in [0.717, 1.165) is 16.3 Å². The molecule has 230 valence electrons. The second-order valence-electron chi connectivity index (χ2n) is 11.0. The number of nitrogens with one attached hydrogen (secondary N) is 1. The van der Waals surface area contributed by atoms with Crippen LogP contribution >= 0.6 is 0 Å². The lowest BCUT2D eigenvalue weighted by molar-refractivity contribution is -0.0538. The molecule has 0 spiro atoms. The number of nitrogens with zero attached hydrogens (tertiary/aromatic N) is 2. The molecule has 0 aliphatic carbocycles. The van der Waals surface area contributed by atoms with Crippen LogP contribution in [0.15, 0.2) is 116 Å². The normalized spacial score (nSPS) is 16.2. The zero-order valence-corrected chi connectivity index (χ0v) is 24.9. The Morgan fingerprint density at radius 3 is 2.74 bits per heavy atom. The smallest absolute Gasteiger partial charge is 0.408 e. The van der Waals surface area contributed by atoms with Gasteiger partial charge in [-0.2, -0.15) is 0 Å². The molecule has 7 rings (SSSR count). The summed E-state index contributed by atoms with van der Waals surface area (Å²) >= 11 is 0. The van der Waals surface area contributed by atoms with Gasteiger partial charge in [-0.3, -0.25) is 4.98 Å². The zero-order valence-electron chi connectivity index (χ0n) is 24.9. The number of carbonyl (C=O) groups excluding carboxylic acids is 1. The SMILES string of the molecule is C[C@@H](NC(=O)OC1CC(Oc2cccnc2)Oc2cc(OCc3ccc4cc(F)ccc4n3)ccc21)c1cccc2ccccc12. The third-order valence-electron chi connectivity index (χ3n) is 7.87. The molecule has 46 heavy (non-hydrogen) atoms. The first kappa shape index (κ1) is 29.0. The van der Waals surface area contributed by atoms with Crippen LogP contribution in [0.2, 0.25) is 0 Å². The van der Waals surface area contributed by atoms with Gasteiger partial charge in [-0.15, -0.1) is 0 Å². The number of ether oxygens (including phenoxy) is 4. The Kier molecular flexibility index (Phi) is 8.03. The van der Waals surface area contributed by atoms with Gasteiger partial charge in [0.05, 0.1) is 29.9 Å². The van der Waals surface area contributed by atoms with Gasteiger partial charge < -0.3 is 24.3 Å². The number of halogens is 1. The van der Waals surface area contributed by atoms with Gasteiger partial charge in [-0.1, -0.05) is 48.5 Å². The first-order valence-electron chi connectivity index (χ1n) is 15.0. The molecule has 2 aromatic heterocycles. The van der Waals surface area contributed by atoms with Crippen LogP contribution in [0.4, 0.5) is 9.18 Å². The fourth-order valence-electron chi connectivity index (χ4n) is 5.64. The van der Waals surface area contributed by atoms with Crippen molar-refractivity contribution < 1.29 is 28.1 Å². The molecule has 3 heterocycles. The van der Waals surface area contributed by atoms with Crippen molar-refractivity contribution in [3.8, 4) is 17.2 Å². The average Bonchev–Trinajstić information content (AvgIpc) is 3.07. The number of rotatable bonds is 8. The number of hydrogen-bond acceptors (Lipinski definition) is 7. The largest absolute Gasteiger partial charge is 0.487 e. The van der Waals surface area contributed by atoms with Crippen molar-refractivity contribution in [2.75, 3.05) is 0 Å². The molecule has 0 saturated carbocycles. The average molecular weight is 616 g/mol. The highest BCUT2D eigenvalue weighted by molar-refractivity contribution is 5.86. The maximum Gasteiger partial charge on any atom is 0.408 e. The van der Waals surface area contributed by atoms with E-state index in [9.17, 15) is 9.18 Å². The van der Waals surface area contributed by atoms with Gasteiger partial charge in [0.1, 0.15) is 35.8 Å². The predicted octanol–water partition coefficient (Wildman–Crippen LogP) is 8.22. The number of pyridine rings is 2. The first-order chi connectivity index (χ1) is 22.5. The van der Waals surface area contributed by atoms with E-state index >= 15 is 0 Å². The Morgan fingerprint density at radius 1 is 0.957 bits per heavy atom. The van der Waals surface area contributed by atoms with Gasteiger partial charge in [0.15, 0.2) is 0 Å². The van der Waals surface area contributed by atoms with Gasteiger partial charge in [-0.05, 0) is 71.8 Å². The molecule has 9 heteroatoms. The number of fused-ring (bicyclic) bond motifs is 3. The quantitative estimate of drug-likeness (QED) is 0.184. The Balaban J connectivity index is 1.09. The van der Waals surface area contributed by atoms with Crippen LogP contribution in [0, 0.1) is 5.82 Å². The summed E-state index contributed by atoms with van der Waals surface area (Å²) in [6.07, 6.45) is 1.56. The van der Waals surface area contributed by atoms with Gasteiger partial charge in [0, 0.05) is 23.2 Å². The number of aromatic nitrogens is 2. The minimum atomic E-state index is -0.747. The van der Waals surface area contributed by atoms with Crippen LogP contribution in [-0.2, 0) is 11.3 Å². The van der Waals surface area contributed by atoms with Crippen LogP contribution in [0.25, 0.3) is 21.7 Å². The summed E-state index contributed by atoms with van der Waals surface area (Å²) in [6, 6.07) is 30.8. The molecule has 6 aromatic rings. The summed E-state index contributed by atoms with van der Waals surface area (Å²) in [5.74, 6) is 1.23. The zero-order chi connectivity index (χ0) is 31.5. The Labute approximate surface area is 264 Å². The molecule has 0 fully saturated rings. The van der Waals surface area contributed by atoms with Crippen molar-refractivity contribution in [1.82, 2.24) is 15.3 Å². The molecule has 1 aliphatic heterocycles. The summed E-state index contributed by atoms with van der Waals surface area (Å²) in [7, 11) is 0. The molecule has 4 aromatic carbocycles. The predicted molar refractivity (Wildman–Crippen MR) is 171 cm³/mol. The van der Waals surface area contributed by atoms with E-state index in [-0.39, 0.29) is 24.9 Å². The summed E-state index contributed by atoms with van der Waals surface area (Å²) < 4.78 is 37.9. The highest BCUT2D eigenvalue weighted by Gasteiger charge is 2.33. The van der Waals surface area contributed by atoms with Crippen molar-refractivity contribution in [2.45, 2.75) is 38.4 Å². The number of benzene rings is 4. The van der Waals surface area contributed by atoms with Crippen LogP contribution in [0.3, 0.4) is 0 Å². The van der Waals surface area contributed by atoms with E-state index in [4.69, 9.17) is 18.9 Å². The standard InChI is InChI=1S/C37H30FN3O5/c1-23(30-10-4-7-24-6-2-3-9-31(24)30)40-37(42)46-35-20-36(44-29-8-5-17-39-21-29)45-34-19-28(14-15-32(34)35)43-22-27-13-11-25-18-26(38)12-16-33(25)41-27/h2-19,21,23,35-36H,20,22H2,1H3,(H,40,42)/t23-,35?,36?/m1/s1. The van der Waals surface area contributed by atoms with Crippen LogP contribution in [0.5, 0.6) is 17.2 Å². The van der Waals surface area contributed by atoms with Crippen LogP contribution < -0.4 is 19.5 Å². The molecule has 8 nitrogen and oxygen atoms in total. The van der Waals surface area contributed by atoms with E-state index < -0.39 is 18.5 Å². The lowest BCUT2D eigenvalue weighted by Gasteiger charge is -2.32. The fourth-order valence-corrected chi connectivity index (χ4v) is 5.64. The van der Waals surface area contributed by atoms with Crippen molar-refractivity contribution in [3.05, 3.63) is 138 Å². The first-order valence-corrected chi connectivity index (χ1v) is 15.0. The number of alkyl carbamates (subject to hydrolysis) is 1. The highest BCUT2D eigenvalue weighted by Crippen LogP contribution is 2.40. The molecule has 1 amide bonds. The minimum absolute atomic E-state index is 0.191. The summed E-state index contributed by atoms with van der Waals surface area (Å²) in [4.78, 5) is 22.0. The van der Waals surface area contributed by atoms with E-state index in [2.05, 4.69) is 15.3 Å². The third kappa shape index (κ3) is 6.39. The van der Waals surface area contributed by atoms with E-state index in [1.165, 1.54) is 12.1 Å². The summed E-state index contributed by atoms with van der Waals surface area (Å²) in [5, 5.41) is 5.87. The monoisotopic (exact) mass is 615 g/mol. The lowest BCUT2D eigenvalue weighted by atomic mass is 10.00. The van der Waals surface area contributed by atoms with Gasteiger partial charge in [0.25, 0.3) is 0 Å². The highest BCUT2D eigenvalue weighted by atomic mass is 19.1. The third-order valence-corrected chi connectivity index (χ3v) is 7.87. The molecule has 0 saturated heterocycles. The summed E-state index contributed by atoms with van der Waals surface area (Å²) in [6.45, 7) is 2.12. The summed E-state index contributed by atoms with van der Waals surface area (Å²) in [5.41, 5.74) is 3.06. The Bertz CT molecular complexity index is 2020. The number of hydrogen-bond donors (Lipinski definition) is 1. The van der Waals surface area contributed by atoms with E-state index in [1.54, 1.807) is 48.8 Å². The lowest BCUT2D eigenvalue weighted by Crippen LogP contribution is -2.35. The van der Waals surface area contributed by atoms with Crippen molar-refractivity contribution >= 4 is 27.8 Å². The van der Waals surface area contributed by atoms with Crippen molar-refractivity contribution in [3.63, 3.8) is 0 Å². The molecule has 0 bridgehead atoms. The van der Waals surface area contributed by atoms with Crippen molar-refractivity contribution in [2.24, 2.45) is 0 Å². The Hall–Kier alpha value is -5.70. The topological polar surface area (TPSA) is 91.8 Å². The molecule has 1 aliphatic rings. The van der Waals surface area contributed by atoms with Gasteiger partial charge in [-0.25, -0.2) is 14.2 Å². The number of amides is 1. The molecule has 0 radical (unpaired) electrons. The fraction of sp³-hybridized carbons (Fsp3) is 0.162. The second kappa shape index (κ2) is 12.7. The Morgan fingerprint density at radius 2 is 1.85 bits per heavy atom. The van der Waals surface area contributed by atoms with Crippen LogP contribution in [-0.4, -0.2) is 22.4 Å². The van der Waals surface area contributed by atoms with Gasteiger partial charge >= 0.3 is 6.09 Å². The molecule has 2 unspecified atom stereocenters. The van der Waals surface area contributed by atoms with E-state index in [1.807, 2.05) is 61.5 Å².